The number of hydrogen-bond acceptors (Lipinski definition) is 3. The number of nitrogens with one attached hydrogen (secondary N) is 1. The number of carbonyl (C=O) groups excluding carboxylic acids is 1. The molecule has 18 heavy (non-hydrogen) atoms. The second-order valence-electron chi connectivity index (χ2n) is 6.17. The normalized spacial score (nSPS) is 20.5. The Balaban J connectivity index is 2.55. The van der Waals surface area contributed by atoms with Crippen molar-refractivity contribution < 1.29 is 10.0 Å². The molecule has 0 aliphatic heterocycles. The molecule has 0 atom stereocenters. The molecule has 0 bridgehead atoms. The van der Waals surface area contributed by atoms with Crippen LogP contribution in [0.2, 0.25) is 0 Å². The van der Waals surface area contributed by atoms with Crippen molar-refractivity contribution in [2.75, 3.05) is 6.54 Å². The molecule has 1 fully saturated rings. The van der Waals surface area contributed by atoms with Crippen molar-refractivity contribution in [3.8, 4) is 0 Å². The van der Waals surface area contributed by atoms with Gasteiger partial charge in [-0.2, -0.15) is 0 Å². The molecule has 0 aromatic carbocycles. The van der Waals surface area contributed by atoms with Crippen molar-refractivity contribution in [2.45, 2.75) is 52.9 Å². The highest BCUT2D eigenvalue weighted by Crippen LogP contribution is 2.35. The van der Waals surface area contributed by atoms with Crippen molar-refractivity contribution in [1.82, 2.24) is 5.32 Å². The van der Waals surface area contributed by atoms with Gasteiger partial charge in [-0.05, 0) is 12.8 Å². The van der Waals surface area contributed by atoms with Crippen LogP contribution in [0.15, 0.2) is 5.16 Å². The molecule has 104 valence electrons. The summed E-state index contributed by atoms with van der Waals surface area (Å²) in [7, 11) is 0. The molecule has 0 aromatic rings. The molecule has 0 heterocycles. The van der Waals surface area contributed by atoms with Crippen LogP contribution in [0.3, 0.4) is 0 Å². The van der Waals surface area contributed by atoms with E-state index in [-0.39, 0.29) is 17.2 Å². The zero-order chi connectivity index (χ0) is 13.8. The predicted molar refractivity (Wildman–Crippen MR) is 71.4 cm³/mol. The van der Waals surface area contributed by atoms with E-state index in [4.69, 9.17) is 10.9 Å². The number of rotatable bonds is 4. The van der Waals surface area contributed by atoms with Crippen LogP contribution in [0.25, 0.3) is 0 Å². The van der Waals surface area contributed by atoms with Gasteiger partial charge in [-0.3, -0.25) is 4.79 Å². The van der Waals surface area contributed by atoms with Crippen LogP contribution in [0.1, 0.15) is 52.9 Å². The fraction of sp³-hybridized carbons (Fsp3) is 0.846. The first-order valence-electron chi connectivity index (χ1n) is 6.58. The summed E-state index contributed by atoms with van der Waals surface area (Å²) in [5, 5.41) is 14.6. The highest BCUT2D eigenvalue weighted by molar-refractivity contribution is 5.87. The van der Waals surface area contributed by atoms with Crippen LogP contribution >= 0.6 is 0 Å². The van der Waals surface area contributed by atoms with Crippen molar-refractivity contribution in [1.29, 1.82) is 0 Å². The van der Waals surface area contributed by atoms with Gasteiger partial charge in [0.25, 0.3) is 0 Å². The molecule has 1 aliphatic rings. The van der Waals surface area contributed by atoms with Gasteiger partial charge in [0.1, 0.15) is 5.84 Å². The number of carbonyl (C=O) groups is 1. The first-order valence-corrected chi connectivity index (χ1v) is 6.58. The van der Waals surface area contributed by atoms with Gasteiger partial charge < -0.3 is 16.3 Å². The maximum Gasteiger partial charge on any atom is 0.225 e. The second kappa shape index (κ2) is 5.59. The van der Waals surface area contributed by atoms with E-state index in [0.29, 0.717) is 6.54 Å². The monoisotopic (exact) mass is 255 g/mol. The molecule has 0 saturated heterocycles. The Hall–Kier alpha value is -1.26. The minimum Gasteiger partial charge on any atom is -0.409 e. The Kier molecular flexibility index (Phi) is 4.59. The van der Waals surface area contributed by atoms with Gasteiger partial charge in [0, 0.05) is 17.4 Å². The summed E-state index contributed by atoms with van der Waals surface area (Å²) in [5.74, 6) is 0.220. The fourth-order valence-corrected chi connectivity index (χ4v) is 2.30. The Morgan fingerprint density at radius 1 is 1.39 bits per heavy atom. The topological polar surface area (TPSA) is 87.7 Å². The van der Waals surface area contributed by atoms with Crippen LogP contribution in [0, 0.1) is 10.8 Å². The average molecular weight is 255 g/mol. The molecule has 1 aliphatic carbocycles. The van der Waals surface area contributed by atoms with Gasteiger partial charge in [0.05, 0.1) is 0 Å². The summed E-state index contributed by atoms with van der Waals surface area (Å²) in [6.07, 6.45) is 5.35. The van der Waals surface area contributed by atoms with Crippen LogP contribution < -0.4 is 11.1 Å². The van der Waals surface area contributed by atoms with Gasteiger partial charge in [-0.15, -0.1) is 0 Å². The van der Waals surface area contributed by atoms with Crippen molar-refractivity contribution in [2.24, 2.45) is 21.7 Å². The van der Waals surface area contributed by atoms with E-state index >= 15 is 0 Å². The van der Waals surface area contributed by atoms with E-state index in [9.17, 15) is 4.79 Å². The molecule has 1 rings (SSSR count). The maximum absolute atomic E-state index is 12.2. The third-order valence-electron chi connectivity index (χ3n) is 4.00. The lowest BCUT2D eigenvalue weighted by atomic mass is 9.75. The number of nitrogens with two attached hydrogens (primary N) is 1. The highest BCUT2D eigenvalue weighted by Gasteiger charge is 2.35. The van der Waals surface area contributed by atoms with Crippen molar-refractivity contribution in [3.63, 3.8) is 0 Å². The molecule has 0 spiro atoms. The smallest absolute Gasteiger partial charge is 0.225 e. The Bertz CT molecular complexity index is 331. The Morgan fingerprint density at radius 3 is 2.44 bits per heavy atom. The lowest BCUT2D eigenvalue weighted by Crippen LogP contribution is -2.47. The summed E-state index contributed by atoms with van der Waals surface area (Å²) in [5.41, 5.74) is 4.81. The van der Waals surface area contributed by atoms with Gasteiger partial charge in [0.2, 0.25) is 5.91 Å². The van der Waals surface area contributed by atoms with Crippen molar-refractivity contribution in [3.05, 3.63) is 0 Å². The zero-order valence-electron chi connectivity index (χ0n) is 11.6. The molecule has 1 amide bonds. The molecule has 0 radical (unpaired) electrons. The minimum atomic E-state index is -0.532. The predicted octanol–water partition coefficient (Wildman–Crippen LogP) is 1.85. The number of oxime groups is 1. The zero-order valence-corrected chi connectivity index (χ0v) is 11.6. The molecular weight excluding hydrogens is 230 g/mol. The minimum absolute atomic E-state index is 0.0843. The summed E-state index contributed by atoms with van der Waals surface area (Å²) in [4.78, 5) is 12.2. The van der Waals surface area contributed by atoms with E-state index in [1.807, 2.05) is 20.8 Å². The van der Waals surface area contributed by atoms with Crippen molar-refractivity contribution >= 4 is 11.7 Å². The number of amides is 1. The van der Waals surface area contributed by atoms with Crippen LogP contribution in [-0.4, -0.2) is 23.5 Å². The van der Waals surface area contributed by atoms with E-state index in [1.54, 1.807) is 0 Å². The SMILES string of the molecule is CC(C)(CNC(=O)C1(C)CCCCC1)C(N)=NO. The quantitative estimate of drug-likeness (QED) is 0.310. The lowest BCUT2D eigenvalue weighted by Gasteiger charge is -2.33. The Labute approximate surface area is 109 Å². The molecule has 1 saturated carbocycles. The molecule has 5 heteroatoms. The van der Waals surface area contributed by atoms with E-state index in [1.165, 1.54) is 6.42 Å². The maximum atomic E-state index is 12.2. The number of amidine groups is 1. The highest BCUT2D eigenvalue weighted by atomic mass is 16.4. The number of hydrogen-bond donors (Lipinski definition) is 3. The molecule has 0 unspecified atom stereocenters. The van der Waals surface area contributed by atoms with E-state index in [0.717, 1.165) is 25.7 Å². The average Bonchev–Trinajstić information content (AvgIpc) is 2.35. The second-order valence-corrected chi connectivity index (χ2v) is 6.17. The first kappa shape index (κ1) is 14.8. The Morgan fingerprint density at radius 2 is 1.94 bits per heavy atom. The largest absolute Gasteiger partial charge is 0.409 e. The van der Waals surface area contributed by atoms with Gasteiger partial charge >= 0.3 is 0 Å². The van der Waals surface area contributed by atoms with Gasteiger partial charge in [0.15, 0.2) is 0 Å². The van der Waals surface area contributed by atoms with Crippen LogP contribution in [0.5, 0.6) is 0 Å². The van der Waals surface area contributed by atoms with Gasteiger partial charge in [-0.25, -0.2) is 0 Å². The van der Waals surface area contributed by atoms with E-state index in [2.05, 4.69) is 10.5 Å². The number of nitrogens with zero attached hydrogens (tertiary/aromatic N) is 1. The van der Waals surface area contributed by atoms with Gasteiger partial charge in [-0.1, -0.05) is 45.2 Å². The lowest BCUT2D eigenvalue weighted by molar-refractivity contribution is -0.132. The summed E-state index contributed by atoms with van der Waals surface area (Å²) >= 11 is 0. The third kappa shape index (κ3) is 3.37. The molecule has 0 aromatic heterocycles. The molecule has 5 nitrogen and oxygen atoms in total. The fourth-order valence-electron chi connectivity index (χ4n) is 2.30. The third-order valence-corrected chi connectivity index (χ3v) is 4.00. The molecular formula is C13H25N3O2. The van der Waals surface area contributed by atoms with Crippen LogP contribution in [0.4, 0.5) is 0 Å². The summed E-state index contributed by atoms with van der Waals surface area (Å²) in [6, 6.07) is 0. The van der Waals surface area contributed by atoms with E-state index < -0.39 is 5.41 Å². The van der Waals surface area contributed by atoms with Crippen LogP contribution in [-0.2, 0) is 4.79 Å². The molecule has 4 N–H and O–H groups in total. The summed E-state index contributed by atoms with van der Waals surface area (Å²) in [6.45, 7) is 6.09. The standard InChI is InChI=1S/C13H25N3O2/c1-12(2,10(14)16-18)9-15-11(17)13(3)7-5-4-6-8-13/h18H,4-9H2,1-3H3,(H2,14,16)(H,15,17). The summed E-state index contributed by atoms with van der Waals surface area (Å²) < 4.78 is 0. The first-order chi connectivity index (χ1) is 8.32.